The van der Waals surface area contributed by atoms with E-state index in [0.717, 1.165) is 4.90 Å². The minimum atomic E-state index is -0.647. The van der Waals surface area contributed by atoms with Crippen molar-refractivity contribution in [3.8, 4) is 0 Å². The van der Waals surface area contributed by atoms with E-state index < -0.39 is 17.8 Å². The molecule has 1 aliphatic heterocycles. The van der Waals surface area contributed by atoms with Crippen molar-refractivity contribution < 1.29 is 19.4 Å². The summed E-state index contributed by atoms with van der Waals surface area (Å²) < 4.78 is 5.20. The second-order valence-corrected chi connectivity index (χ2v) is 5.40. The van der Waals surface area contributed by atoms with Crippen molar-refractivity contribution in [2.24, 2.45) is 0 Å². The number of ether oxygens (including phenoxy) is 1. The maximum Gasteiger partial charge on any atom is 0.417 e. The third-order valence-corrected chi connectivity index (χ3v) is 2.65. The highest BCUT2D eigenvalue weighted by molar-refractivity contribution is 5.93. The van der Waals surface area contributed by atoms with Gasteiger partial charge < -0.3 is 9.84 Å². The standard InChI is InChI=1S/C12H21NO4/c1-5-8-6-9(14)7-10(15)13(8)11(16)17-12(2,3)4/h8-9,14H,5-7H2,1-4H3/t8-,9?/m0/s1. The summed E-state index contributed by atoms with van der Waals surface area (Å²) >= 11 is 0. The molecule has 0 spiro atoms. The van der Waals surface area contributed by atoms with Crippen molar-refractivity contribution in [2.75, 3.05) is 0 Å². The van der Waals surface area contributed by atoms with Gasteiger partial charge in [0.25, 0.3) is 0 Å². The molecular weight excluding hydrogens is 222 g/mol. The third kappa shape index (κ3) is 3.70. The molecule has 1 aliphatic rings. The van der Waals surface area contributed by atoms with Gasteiger partial charge in [0, 0.05) is 6.04 Å². The average Bonchev–Trinajstić information content (AvgIpc) is 2.12. The molecule has 0 radical (unpaired) electrons. The van der Waals surface area contributed by atoms with Gasteiger partial charge in [-0.05, 0) is 33.6 Å². The van der Waals surface area contributed by atoms with Gasteiger partial charge in [-0.25, -0.2) is 9.69 Å². The Labute approximate surface area is 102 Å². The van der Waals surface area contributed by atoms with E-state index in [1.165, 1.54) is 0 Å². The molecular formula is C12H21NO4. The van der Waals surface area contributed by atoms with Crippen LogP contribution in [-0.4, -0.2) is 39.8 Å². The number of piperidine rings is 1. The van der Waals surface area contributed by atoms with E-state index in [2.05, 4.69) is 0 Å². The number of aliphatic hydroxyl groups is 1. The smallest absolute Gasteiger partial charge is 0.417 e. The lowest BCUT2D eigenvalue weighted by molar-refractivity contribution is -0.139. The van der Waals surface area contributed by atoms with Gasteiger partial charge in [0.15, 0.2) is 0 Å². The largest absolute Gasteiger partial charge is 0.443 e. The lowest BCUT2D eigenvalue weighted by atomic mass is 9.97. The van der Waals surface area contributed by atoms with Gasteiger partial charge in [0.1, 0.15) is 5.60 Å². The van der Waals surface area contributed by atoms with Gasteiger partial charge in [0.2, 0.25) is 5.91 Å². The molecule has 0 bridgehead atoms. The number of hydrogen-bond donors (Lipinski definition) is 1. The fourth-order valence-electron chi connectivity index (χ4n) is 1.92. The van der Waals surface area contributed by atoms with Crippen LogP contribution in [0.5, 0.6) is 0 Å². The van der Waals surface area contributed by atoms with Gasteiger partial charge in [-0.1, -0.05) is 6.92 Å². The van der Waals surface area contributed by atoms with E-state index in [4.69, 9.17) is 4.74 Å². The van der Waals surface area contributed by atoms with Gasteiger partial charge in [-0.2, -0.15) is 0 Å². The average molecular weight is 243 g/mol. The number of rotatable bonds is 1. The number of imide groups is 1. The molecule has 2 amide bonds. The van der Waals surface area contributed by atoms with Crippen molar-refractivity contribution in [3.05, 3.63) is 0 Å². The van der Waals surface area contributed by atoms with Crippen LogP contribution >= 0.6 is 0 Å². The van der Waals surface area contributed by atoms with E-state index in [-0.39, 0.29) is 18.4 Å². The number of hydrogen-bond acceptors (Lipinski definition) is 4. The number of amides is 2. The molecule has 1 heterocycles. The fraction of sp³-hybridized carbons (Fsp3) is 0.833. The maximum atomic E-state index is 11.9. The van der Waals surface area contributed by atoms with Gasteiger partial charge in [-0.3, -0.25) is 4.79 Å². The molecule has 98 valence electrons. The summed E-state index contributed by atoms with van der Waals surface area (Å²) in [5.74, 6) is -0.357. The second kappa shape index (κ2) is 5.04. The van der Waals surface area contributed by atoms with Crippen LogP contribution in [0.2, 0.25) is 0 Å². The molecule has 17 heavy (non-hydrogen) atoms. The topological polar surface area (TPSA) is 66.8 Å². The highest BCUT2D eigenvalue weighted by atomic mass is 16.6. The van der Waals surface area contributed by atoms with Crippen LogP contribution in [-0.2, 0) is 9.53 Å². The van der Waals surface area contributed by atoms with Gasteiger partial charge in [0.05, 0.1) is 12.5 Å². The van der Waals surface area contributed by atoms with Crippen molar-refractivity contribution in [3.63, 3.8) is 0 Å². The van der Waals surface area contributed by atoms with Crippen molar-refractivity contribution in [2.45, 2.75) is 64.7 Å². The normalized spacial score (nSPS) is 25.9. The SMILES string of the molecule is CC[C@H]1CC(O)CC(=O)N1C(=O)OC(C)(C)C. The quantitative estimate of drug-likeness (QED) is 0.761. The minimum absolute atomic E-state index is 0.00422. The molecule has 1 fully saturated rings. The number of aliphatic hydroxyl groups excluding tert-OH is 1. The summed E-state index contributed by atoms with van der Waals surface area (Å²) in [6.45, 7) is 7.16. The molecule has 5 heteroatoms. The zero-order valence-corrected chi connectivity index (χ0v) is 10.9. The highest BCUT2D eigenvalue weighted by Crippen LogP contribution is 2.23. The number of carbonyl (C=O) groups is 2. The first-order chi connectivity index (χ1) is 7.74. The summed E-state index contributed by atoms with van der Waals surface area (Å²) in [5, 5.41) is 9.51. The maximum absolute atomic E-state index is 11.9. The van der Waals surface area contributed by atoms with Crippen LogP contribution in [0.3, 0.4) is 0 Å². The summed E-state index contributed by atoms with van der Waals surface area (Å²) in [5.41, 5.74) is -0.619. The monoisotopic (exact) mass is 243 g/mol. The summed E-state index contributed by atoms with van der Waals surface area (Å²) in [6.07, 6.45) is -0.202. The van der Waals surface area contributed by atoms with Crippen LogP contribution in [0.15, 0.2) is 0 Å². The molecule has 1 unspecified atom stereocenters. The Bertz CT molecular complexity index is 308. The van der Waals surface area contributed by atoms with Crippen LogP contribution < -0.4 is 0 Å². The Hall–Kier alpha value is -1.10. The Morgan fingerprint density at radius 1 is 1.53 bits per heavy atom. The Morgan fingerprint density at radius 2 is 2.12 bits per heavy atom. The molecule has 0 saturated carbocycles. The van der Waals surface area contributed by atoms with Gasteiger partial charge >= 0.3 is 6.09 Å². The first-order valence-corrected chi connectivity index (χ1v) is 5.97. The Balaban J connectivity index is 2.79. The lowest BCUT2D eigenvalue weighted by Crippen LogP contribution is -2.52. The van der Waals surface area contributed by atoms with E-state index in [9.17, 15) is 14.7 Å². The minimum Gasteiger partial charge on any atom is -0.443 e. The van der Waals surface area contributed by atoms with Crippen molar-refractivity contribution >= 4 is 12.0 Å². The highest BCUT2D eigenvalue weighted by Gasteiger charge is 2.38. The van der Waals surface area contributed by atoms with Crippen LogP contribution in [0.1, 0.15) is 47.0 Å². The predicted molar refractivity (Wildman–Crippen MR) is 62.4 cm³/mol. The zero-order chi connectivity index (χ0) is 13.2. The lowest BCUT2D eigenvalue weighted by Gasteiger charge is -2.36. The molecule has 1 N–H and O–H groups in total. The zero-order valence-electron chi connectivity index (χ0n) is 10.9. The first-order valence-electron chi connectivity index (χ1n) is 5.97. The molecule has 1 rings (SSSR count). The molecule has 0 aromatic heterocycles. The van der Waals surface area contributed by atoms with Crippen LogP contribution in [0.4, 0.5) is 4.79 Å². The summed E-state index contributed by atoms with van der Waals surface area (Å²) in [6, 6.07) is -0.263. The predicted octanol–water partition coefficient (Wildman–Crippen LogP) is 1.68. The van der Waals surface area contributed by atoms with Crippen LogP contribution in [0.25, 0.3) is 0 Å². The van der Waals surface area contributed by atoms with E-state index in [1.54, 1.807) is 20.8 Å². The number of carbonyl (C=O) groups excluding carboxylic acids is 2. The molecule has 0 aliphatic carbocycles. The van der Waals surface area contributed by atoms with E-state index >= 15 is 0 Å². The third-order valence-electron chi connectivity index (χ3n) is 2.65. The Morgan fingerprint density at radius 3 is 2.59 bits per heavy atom. The first kappa shape index (κ1) is 14.0. The van der Waals surface area contributed by atoms with E-state index in [0.29, 0.717) is 12.8 Å². The number of likely N-dealkylation sites (tertiary alicyclic amines) is 1. The van der Waals surface area contributed by atoms with Crippen molar-refractivity contribution in [1.82, 2.24) is 4.90 Å². The molecule has 0 aromatic rings. The Kier molecular flexibility index (Phi) is 4.14. The molecule has 0 aromatic carbocycles. The van der Waals surface area contributed by atoms with Crippen molar-refractivity contribution in [1.29, 1.82) is 0 Å². The number of nitrogens with zero attached hydrogens (tertiary/aromatic N) is 1. The summed E-state index contributed by atoms with van der Waals surface area (Å²) in [4.78, 5) is 24.8. The molecule has 5 nitrogen and oxygen atoms in total. The fourth-order valence-corrected chi connectivity index (χ4v) is 1.92. The molecule has 2 atom stereocenters. The second-order valence-electron chi connectivity index (χ2n) is 5.40. The summed E-state index contributed by atoms with van der Waals surface area (Å²) in [7, 11) is 0. The van der Waals surface area contributed by atoms with E-state index in [1.807, 2.05) is 6.92 Å². The van der Waals surface area contributed by atoms with Gasteiger partial charge in [-0.15, -0.1) is 0 Å². The van der Waals surface area contributed by atoms with Crippen LogP contribution in [0, 0.1) is 0 Å². The molecule has 1 saturated heterocycles.